The average molecular weight is 349 g/mol. The predicted molar refractivity (Wildman–Crippen MR) is 99.2 cm³/mol. The monoisotopic (exact) mass is 348 g/mol. The molecule has 0 amide bonds. The van der Waals surface area contributed by atoms with E-state index in [-0.39, 0.29) is 0 Å². The Hall–Kier alpha value is -1.98. The fraction of sp³-hybridized carbons (Fsp3) is 0.389. The zero-order valence-corrected chi connectivity index (χ0v) is 15.5. The van der Waals surface area contributed by atoms with Crippen molar-refractivity contribution in [1.82, 2.24) is 14.8 Å². The van der Waals surface area contributed by atoms with Gasteiger partial charge < -0.3 is 19.5 Å². The second-order valence-corrected chi connectivity index (χ2v) is 6.21. The van der Waals surface area contributed by atoms with Crippen molar-refractivity contribution in [2.45, 2.75) is 19.7 Å². The molecule has 0 fully saturated rings. The van der Waals surface area contributed by atoms with Crippen LogP contribution in [0.15, 0.2) is 41.5 Å². The van der Waals surface area contributed by atoms with Gasteiger partial charge in [-0.25, -0.2) is 0 Å². The molecule has 0 saturated carbocycles. The van der Waals surface area contributed by atoms with Gasteiger partial charge in [0, 0.05) is 46.7 Å². The number of rotatable bonds is 6. The minimum absolute atomic E-state index is 0.622. The highest BCUT2D eigenvalue weighted by molar-refractivity contribution is 6.30. The summed E-state index contributed by atoms with van der Waals surface area (Å²) in [5.41, 5.74) is 3.49. The molecule has 1 aromatic heterocycles. The highest BCUT2D eigenvalue weighted by Crippen LogP contribution is 2.14. The molecule has 1 aromatic carbocycles. The van der Waals surface area contributed by atoms with Gasteiger partial charge in [0.15, 0.2) is 5.96 Å². The third-order valence-corrected chi connectivity index (χ3v) is 4.01. The molecule has 0 bridgehead atoms. The van der Waals surface area contributed by atoms with E-state index in [2.05, 4.69) is 33.4 Å². The number of ether oxygens (including phenoxy) is 1. The molecule has 0 spiro atoms. The van der Waals surface area contributed by atoms with E-state index >= 15 is 0 Å². The molecule has 0 unspecified atom stereocenters. The summed E-state index contributed by atoms with van der Waals surface area (Å²) in [6.07, 6.45) is 1.90. The smallest absolute Gasteiger partial charge is 0.194 e. The van der Waals surface area contributed by atoms with E-state index in [4.69, 9.17) is 16.3 Å². The summed E-state index contributed by atoms with van der Waals surface area (Å²) in [6, 6.07) is 10.3. The Morgan fingerprint density at radius 2 is 2.08 bits per heavy atom. The molecule has 6 heteroatoms. The van der Waals surface area contributed by atoms with Crippen LogP contribution in [0, 0.1) is 0 Å². The number of aromatic nitrogens is 1. The van der Waals surface area contributed by atoms with Crippen molar-refractivity contribution in [2.24, 2.45) is 12.0 Å². The molecule has 130 valence electrons. The number of benzene rings is 1. The van der Waals surface area contributed by atoms with Gasteiger partial charge >= 0.3 is 0 Å². The molecule has 0 saturated heterocycles. The maximum absolute atomic E-state index is 6.05. The van der Waals surface area contributed by atoms with E-state index in [1.165, 1.54) is 11.1 Å². The first-order valence-electron chi connectivity index (χ1n) is 7.82. The van der Waals surface area contributed by atoms with Crippen molar-refractivity contribution in [1.29, 1.82) is 0 Å². The Balaban J connectivity index is 1.96. The SMILES string of the molecule is CN=C(NCc1cccc(COC)c1)N(C)Cc1cc(Cl)cn1C. The third kappa shape index (κ3) is 5.01. The van der Waals surface area contributed by atoms with Crippen LogP contribution in [0.25, 0.3) is 0 Å². The largest absolute Gasteiger partial charge is 0.380 e. The molecule has 1 heterocycles. The molecular formula is C18H25ClN4O. The lowest BCUT2D eigenvalue weighted by Gasteiger charge is -2.22. The molecule has 0 atom stereocenters. The van der Waals surface area contributed by atoms with Crippen LogP contribution in [0.2, 0.25) is 5.02 Å². The number of hydrogen-bond acceptors (Lipinski definition) is 2. The van der Waals surface area contributed by atoms with Crippen LogP contribution in [0.4, 0.5) is 0 Å². The summed E-state index contributed by atoms with van der Waals surface area (Å²) in [4.78, 5) is 6.43. The number of guanidine groups is 1. The first-order valence-corrected chi connectivity index (χ1v) is 8.20. The van der Waals surface area contributed by atoms with E-state index in [1.54, 1.807) is 14.2 Å². The fourth-order valence-electron chi connectivity index (χ4n) is 2.60. The Morgan fingerprint density at radius 3 is 2.71 bits per heavy atom. The van der Waals surface area contributed by atoms with E-state index in [9.17, 15) is 0 Å². The van der Waals surface area contributed by atoms with Crippen molar-refractivity contribution in [3.05, 3.63) is 58.4 Å². The first kappa shape index (κ1) is 18.4. The normalized spacial score (nSPS) is 11.6. The summed E-state index contributed by atoms with van der Waals surface area (Å²) in [6.45, 7) is 2.06. The number of aliphatic imine (C=N–C) groups is 1. The van der Waals surface area contributed by atoms with Crippen molar-refractivity contribution in [3.63, 3.8) is 0 Å². The van der Waals surface area contributed by atoms with Gasteiger partial charge in [-0.15, -0.1) is 0 Å². The molecule has 5 nitrogen and oxygen atoms in total. The summed E-state index contributed by atoms with van der Waals surface area (Å²) in [5.74, 6) is 0.837. The lowest BCUT2D eigenvalue weighted by molar-refractivity contribution is 0.185. The van der Waals surface area contributed by atoms with Crippen molar-refractivity contribution in [2.75, 3.05) is 21.2 Å². The van der Waals surface area contributed by atoms with Gasteiger partial charge in [-0.1, -0.05) is 35.9 Å². The van der Waals surface area contributed by atoms with E-state index in [0.29, 0.717) is 13.2 Å². The van der Waals surface area contributed by atoms with Crippen molar-refractivity contribution < 1.29 is 4.74 Å². The van der Waals surface area contributed by atoms with Gasteiger partial charge in [0.05, 0.1) is 18.2 Å². The molecule has 24 heavy (non-hydrogen) atoms. The highest BCUT2D eigenvalue weighted by atomic mass is 35.5. The molecule has 0 aliphatic rings. The highest BCUT2D eigenvalue weighted by Gasteiger charge is 2.09. The van der Waals surface area contributed by atoms with E-state index < -0.39 is 0 Å². The molecule has 2 rings (SSSR count). The van der Waals surface area contributed by atoms with Gasteiger partial charge in [-0.05, 0) is 17.2 Å². The van der Waals surface area contributed by atoms with Gasteiger partial charge in [-0.2, -0.15) is 0 Å². The maximum Gasteiger partial charge on any atom is 0.194 e. The molecule has 2 aromatic rings. The second-order valence-electron chi connectivity index (χ2n) is 5.77. The van der Waals surface area contributed by atoms with Crippen LogP contribution in [-0.2, 0) is 31.5 Å². The number of nitrogens with zero attached hydrogens (tertiary/aromatic N) is 3. The Morgan fingerprint density at radius 1 is 1.33 bits per heavy atom. The average Bonchev–Trinajstić information content (AvgIpc) is 2.86. The van der Waals surface area contributed by atoms with Gasteiger partial charge in [0.1, 0.15) is 0 Å². The second kappa shape index (κ2) is 8.76. The first-order chi connectivity index (χ1) is 11.5. The summed E-state index contributed by atoms with van der Waals surface area (Å²) in [5, 5.41) is 4.14. The van der Waals surface area contributed by atoms with Crippen LogP contribution in [-0.4, -0.2) is 36.6 Å². The van der Waals surface area contributed by atoms with Gasteiger partial charge in [-0.3, -0.25) is 4.99 Å². The summed E-state index contributed by atoms with van der Waals surface area (Å²) in [7, 11) is 7.50. The predicted octanol–water partition coefficient (Wildman–Crippen LogP) is 3.03. The van der Waals surface area contributed by atoms with E-state index in [1.807, 2.05) is 37.0 Å². The number of nitrogens with one attached hydrogen (secondary N) is 1. The Bertz CT molecular complexity index is 696. The van der Waals surface area contributed by atoms with Gasteiger partial charge in [0.25, 0.3) is 0 Å². The maximum atomic E-state index is 6.05. The number of halogens is 1. The van der Waals surface area contributed by atoms with Crippen LogP contribution in [0.5, 0.6) is 0 Å². The third-order valence-electron chi connectivity index (χ3n) is 3.80. The zero-order valence-electron chi connectivity index (χ0n) is 14.7. The van der Waals surface area contributed by atoms with E-state index in [0.717, 1.165) is 23.2 Å². The molecular weight excluding hydrogens is 324 g/mol. The van der Waals surface area contributed by atoms with Crippen LogP contribution < -0.4 is 5.32 Å². The topological polar surface area (TPSA) is 41.8 Å². The van der Waals surface area contributed by atoms with Crippen molar-refractivity contribution >= 4 is 17.6 Å². The molecule has 0 aliphatic carbocycles. The molecule has 0 radical (unpaired) electrons. The number of hydrogen-bond donors (Lipinski definition) is 1. The zero-order chi connectivity index (χ0) is 17.5. The quantitative estimate of drug-likeness (QED) is 0.644. The van der Waals surface area contributed by atoms with Crippen LogP contribution in [0.1, 0.15) is 16.8 Å². The molecule has 1 N–H and O–H groups in total. The van der Waals surface area contributed by atoms with Gasteiger partial charge in [0.2, 0.25) is 0 Å². The Labute approximate surface area is 148 Å². The molecule has 0 aliphatic heterocycles. The van der Waals surface area contributed by atoms with Crippen LogP contribution in [0.3, 0.4) is 0 Å². The number of aryl methyl sites for hydroxylation is 1. The standard InChI is InChI=1S/C18H25ClN4O/c1-20-18(23(3)12-17-9-16(19)11-22(17)2)21-10-14-6-5-7-15(8-14)13-24-4/h5-9,11H,10,12-13H2,1-4H3,(H,20,21). The van der Waals surface area contributed by atoms with Crippen LogP contribution >= 0.6 is 11.6 Å². The minimum Gasteiger partial charge on any atom is -0.380 e. The summed E-state index contributed by atoms with van der Waals surface area (Å²) < 4.78 is 7.21. The lowest BCUT2D eigenvalue weighted by atomic mass is 10.1. The fourth-order valence-corrected chi connectivity index (χ4v) is 2.88. The Kier molecular flexibility index (Phi) is 6.70. The summed E-state index contributed by atoms with van der Waals surface area (Å²) >= 11 is 6.05. The lowest BCUT2D eigenvalue weighted by Crippen LogP contribution is -2.38. The van der Waals surface area contributed by atoms with Crippen molar-refractivity contribution in [3.8, 4) is 0 Å². The number of methoxy groups -OCH3 is 1. The minimum atomic E-state index is 0.622.